The summed E-state index contributed by atoms with van der Waals surface area (Å²) in [6.45, 7) is -0.0594. The minimum atomic E-state index is -0.205. The number of carbonyl (C=O) groups excluding carboxylic acids is 1. The lowest BCUT2D eigenvalue weighted by Gasteiger charge is -2.18. The number of nitrogens with one attached hydrogen (secondary N) is 1. The molecule has 0 fully saturated rings. The standard InChI is InChI=1S/C21H22N2O3/c1-23(2)20-13-12-19(17-6-4-5-7-18(17)20)22-21(24)14-26-16-10-8-15(25-3)9-11-16/h4-13H,14H2,1-3H3,(H,22,24). The lowest BCUT2D eigenvalue weighted by Crippen LogP contribution is -2.20. The number of hydrogen-bond donors (Lipinski definition) is 1. The molecule has 5 heteroatoms. The van der Waals surface area contributed by atoms with Crippen LogP contribution in [0.5, 0.6) is 11.5 Å². The predicted octanol–water partition coefficient (Wildman–Crippen LogP) is 3.93. The number of amides is 1. The number of benzene rings is 3. The van der Waals surface area contributed by atoms with Crippen molar-refractivity contribution in [1.29, 1.82) is 0 Å². The number of fused-ring (bicyclic) bond motifs is 1. The Balaban J connectivity index is 1.72. The second-order valence-corrected chi connectivity index (χ2v) is 6.08. The van der Waals surface area contributed by atoms with Gasteiger partial charge in [0.25, 0.3) is 5.91 Å². The highest BCUT2D eigenvalue weighted by molar-refractivity contribution is 6.06. The van der Waals surface area contributed by atoms with Gasteiger partial charge in [-0.05, 0) is 36.4 Å². The van der Waals surface area contributed by atoms with E-state index in [1.807, 2.05) is 50.5 Å². The Morgan fingerprint density at radius 1 is 0.923 bits per heavy atom. The largest absolute Gasteiger partial charge is 0.497 e. The molecule has 0 heterocycles. The van der Waals surface area contributed by atoms with E-state index in [-0.39, 0.29) is 12.5 Å². The van der Waals surface area contributed by atoms with Gasteiger partial charge in [-0.25, -0.2) is 0 Å². The van der Waals surface area contributed by atoms with Crippen molar-refractivity contribution in [2.45, 2.75) is 0 Å². The predicted molar refractivity (Wildman–Crippen MR) is 105 cm³/mol. The fourth-order valence-corrected chi connectivity index (χ4v) is 2.79. The van der Waals surface area contributed by atoms with Crippen LogP contribution >= 0.6 is 0 Å². The zero-order valence-corrected chi connectivity index (χ0v) is 15.2. The number of methoxy groups -OCH3 is 1. The van der Waals surface area contributed by atoms with E-state index >= 15 is 0 Å². The van der Waals surface area contributed by atoms with E-state index < -0.39 is 0 Å². The van der Waals surface area contributed by atoms with Gasteiger partial charge in [0.15, 0.2) is 6.61 Å². The summed E-state index contributed by atoms with van der Waals surface area (Å²) in [7, 11) is 5.61. The summed E-state index contributed by atoms with van der Waals surface area (Å²) in [4.78, 5) is 14.4. The molecule has 5 nitrogen and oxygen atoms in total. The second-order valence-electron chi connectivity index (χ2n) is 6.08. The second kappa shape index (κ2) is 7.78. The van der Waals surface area contributed by atoms with Crippen LogP contribution in [0.1, 0.15) is 0 Å². The quantitative estimate of drug-likeness (QED) is 0.732. The van der Waals surface area contributed by atoms with E-state index in [1.165, 1.54) is 0 Å². The Morgan fingerprint density at radius 3 is 2.23 bits per heavy atom. The van der Waals surface area contributed by atoms with Crippen LogP contribution in [0, 0.1) is 0 Å². The number of ether oxygens (including phenoxy) is 2. The fourth-order valence-electron chi connectivity index (χ4n) is 2.79. The van der Waals surface area contributed by atoms with Crippen molar-refractivity contribution < 1.29 is 14.3 Å². The first-order valence-corrected chi connectivity index (χ1v) is 8.34. The molecule has 3 rings (SSSR count). The Hall–Kier alpha value is -3.21. The van der Waals surface area contributed by atoms with E-state index in [9.17, 15) is 4.79 Å². The summed E-state index contributed by atoms with van der Waals surface area (Å²) in [5.74, 6) is 1.16. The first-order valence-electron chi connectivity index (χ1n) is 8.34. The van der Waals surface area contributed by atoms with Crippen molar-refractivity contribution >= 4 is 28.1 Å². The van der Waals surface area contributed by atoms with Gasteiger partial charge < -0.3 is 19.7 Å². The van der Waals surface area contributed by atoms with E-state index in [0.717, 1.165) is 27.9 Å². The topological polar surface area (TPSA) is 50.8 Å². The Bertz CT molecular complexity index is 905. The van der Waals surface area contributed by atoms with Crippen molar-refractivity contribution in [3.63, 3.8) is 0 Å². The minimum Gasteiger partial charge on any atom is -0.497 e. The summed E-state index contributed by atoms with van der Waals surface area (Å²) in [6.07, 6.45) is 0. The smallest absolute Gasteiger partial charge is 0.262 e. The fraction of sp³-hybridized carbons (Fsp3) is 0.190. The van der Waals surface area contributed by atoms with Crippen molar-refractivity contribution in [1.82, 2.24) is 0 Å². The van der Waals surface area contributed by atoms with Gasteiger partial charge in [-0.15, -0.1) is 0 Å². The number of carbonyl (C=O) groups is 1. The summed E-state index contributed by atoms with van der Waals surface area (Å²) < 4.78 is 10.6. The average molecular weight is 350 g/mol. The van der Waals surface area contributed by atoms with E-state index in [1.54, 1.807) is 31.4 Å². The van der Waals surface area contributed by atoms with Gasteiger partial charge in [0.05, 0.1) is 7.11 Å². The molecule has 0 spiro atoms. The first-order chi connectivity index (χ1) is 12.6. The zero-order chi connectivity index (χ0) is 18.5. The lowest BCUT2D eigenvalue weighted by molar-refractivity contribution is -0.118. The highest BCUT2D eigenvalue weighted by Crippen LogP contribution is 2.31. The molecule has 3 aromatic rings. The van der Waals surface area contributed by atoms with Crippen molar-refractivity contribution in [3.05, 3.63) is 60.7 Å². The molecule has 0 saturated carbocycles. The van der Waals surface area contributed by atoms with Gasteiger partial charge in [-0.3, -0.25) is 4.79 Å². The molecule has 26 heavy (non-hydrogen) atoms. The molecule has 134 valence electrons. The third-order valence-corrected chi connectivity index (χ3v) is 4.09. The van der Waals surface area contributed by atoms with Gasteiger partial charge in [0.2, 0.25) is 0 Å². The monoisotopic (exact) mass is 350 g/mol. The third-order valence-electron chi connectivity index (χ3n) is 4.09. The van der Waals surface area contributed by atoms with Gasteiger partial charge in [0.1, 0.15) is 11.5 Å². The van der Waals surface area contributed by atoms with Crippen molar-refractivity contribution in [2.75, 3.05) is 38.0 Å². The summed E-state index contributed by atoms with van der Waals surface area (Å²) in [5.41, 5.74) is 1.88. The van der Waals surface area contributed by atoms with Crippen LogP contribution in [0.25, 0.3) is 10.8 Å². The molecule has 0 radical (unpaired) electrons. The summed E-state index contributed by atoms with van der Waals surface area (Å²) in [5, 5.41) is 5.02. The van der Waals surface area contributed by atoms with Crippen LogP contribution in [-0.2, 0) is 4.79 Å². The molecule has 0 bridgehead atoms. The molecule has 0 unspecified atom stereocenters. The van der Waals surface area contributed by atoms with Gasteiger partial charge in [0, 0.05) is 36.2 Å². The Kier molecular flexibility index (Phi) is 5.27. The van der Waals surface area contributed by atoms with Gasteiger partial charge >= 0.3 is 0 Å². The maximum atomic E-state index is 12.3. The molecular formula is C21H22N2O3. The van der Waals surface area contributed by atoms with Crippen LogP contribution < -0.4 is 19.7 Å². The van der Waals surface area contributed by atoms with E-state index in [2.05, 4.69) is 10.2 Å². The van der Waals surface area contributed by atoms with Crippen LogP contribution in [-0.4, -0.2) is 33.7 Å². The zero-order valence-electron chi connectivity index (χ0n) is 15.2. The van der Waals surface area contributed by atoms with Gasteiger partial charge in [-0.1, -0.05) is 24.3 Å². The molecule has 1 amide bonds. The number of hydrogen-bond acceptors (Lipinski definition) is 4. The molecule has 0 atom stereocenters. The molecular weight excluding hydrogens is 328 g/mol. The Labute approximate surface area is 153 Å². The minimum absolute atomic E-state index is 0.0594. The normalized spacial score (nSPS) is 10.4. The van der Waals surface area contributed by atoms with Gasteiger partial charge in [-0.2, -0.15) is 0 Å². The third kappa shape index (κ3) is 3.88. The molecule has 0 aliphatic carbocycles. The van der Waals surface area contributed by atoms with Crippen LogP contribution in [0.15, 0.2) is 60.7 Å². The van der Waals surface area contributed by atoms with Crippen LogP contribution in [0.3, 0.4) is 0 Å². The molecule has 3 aromatic carbocycles. The highest BCUT2D eigenvalue weighted by atomic mass is 16.5. The lowest BCUT2D eigenvalue weighted by atomic mass is 10.1. The Morgan fingerprint density at radius 2 is 1.58 bits per heavy atom. The number of rotatable bonds is 6. The van der Waals surface area contributed by atoms with E-state index in [4.69, 9.17) is 9.47 Å². The summed E-state index contributed by atoms with van der Waals surface area (Å²) >= 11 is 0. The van der Waals surface area contributed by atoms with Crippen LogP contribution in [0.2, 0.25) is 0 Å². The SMILES string of the molecule is COc1ccc(OCC(=O)Nc2ccc(N(C)C)c3ccccc23)cc1. The number of nitrogens with zero attached hydrogens (tertiary/aromatic N) is 1. The highest BCUT2D eigenvalue weighted by Gasteiger charge is 2.10. The number of anilines is 2. The summed E-state index contributed by atoms with van der Waals surface area (Å²) in [6, 6.07) is 19.1. The molecule has 0 saturated heterocycles. The molecule has 1 N–H and O–H groups in total. The maximum absolute atomic E-state index is 12.3. The molecule has 0 aromatic heterocycles. The first kappa shape index (κ1) is 17.6. The average Bonchev–Trinajstić information content (AvgIpc) is 2.66. The van der Waals surface area contributed by atoms with Crippen molar-refractivity contribution in [2.24, 2.45) is 0 Å². The van der Waals surface area contributed by atoms with Crippen molar-refractivity contribution in [3.8, 4) is 11.5 Å². The maximum Gasteiger partial charge on any atom is 0.262 e. The molecule has 0 aliphatic rings. The van der Waals surface area contributed by atoms with E-state index in [0.29, 0.717) is 5.75 Å². The van der Waals surface area contributed by atoms with Crippen LogP contribution in [0.4, 0.5) is 11.4 Å². The molecule has 0 aliphatic heterocycles.